The average molecular weight is 443 g/mol. The van der Waals surface area contributed by atoms with Crippen molar-refractivity contribution in [3.63, 3.8) is 0 Å². The summed E-state index contributed by atoms with van der Waals surface area (Å²) in [6.07, 6.45) is 3.95. The van der Waals surface area contributed by atoms with Gasteiger partial charge in [-0.05, 0) is 68.2 Å². The van der Waals surface area contributed by atoms with Gasteiger partial charge in [-0.25, -0.2) is 9.18 Å². The number of aryl methyl sites for hydroxylation is 1. The van der Waals surface area contributed by atoms with E-state index in [9.17, 15) is 9.59 Å². The fourth-order valence-corrected chi connectivity index (χ4v) is 4.65. The van der Waals surface area contributed by atoms with Crippen LogP contribution in [0.5, 0.6) is 0 Å². The van der Waals surface area contributed by atoms with Gasteiger partial charge in [0.25, 0.3) is 0 Å². The van der Waals surface area contributed by atoms with E-state index in [1.165, 1.54) is 29.1 Å². The zero-order valence-electron chi connectivity index (χ0n) is 19.1. The van der Waals surface area contributed by atoms with Gasteiger partial charge in [-0.2, -0.15) is 5.10 Å². The lowest BCUT2D eigenvalue weighted by atomic mass is 9.77. The zero-order chi connectivity index (χ0) is 23.0. The van der Waals surface area contributed by atoms with E-state index in [4.69, 9.17) is 9.84 Å². The molecule has 172 valence electrons. The summed E-state index contributed by atoms with van der Waals surface area (Å²) in [4.78, 5) is 24.7. The van der Waals surface area contributed by atoms with Gasteiger partial charge < -0.3 is 10.1 Å². The number of benzene rings is 1. The normalized spacial score (nSPS) is 21.4. The molecule has 2 unspecified atom stereocenters. The summed E-state index contributed by atoms with van der Waals surface area (Å²) in [5, 5.41) is 7.34. The number of halogens is 1. The number of hydrogen-bond acceptors (Lipinski definition) is 4. The molecule has 2 heterocycles. The number of amides is 2. The van der Waals surface area contributed by atoms with Crippen molar-refractivity contribution in [3.8, 4) is 0 Å². The molecule has 0 spiro atoms. The van der Waals surface area contributed by atoms with Gasteiger partial charge in [0.2, 0.25) is 5.91 Å². The van der Waals surface area contributed by atoms with E-state index in [1.807, 2.05) is 4.68 Å². The second-order valence-electron chi connectivity index (χ2n) is 9.23. The number of carbonyl (C=O) groups excluding carboxylic acids is 2. The van der Waals surface area contributed by atoms with Crippen LogP contribution in [-0.4, -0.2) is 41.0 Å². The first-order valence-electron chi connectivity index (χ1n) is 11.3. The van der Waals surface area contributed by atoms with Crippen LogP contribution in [0, 0.1) is 11.7 Å². The Morgan fingerprint density at radius 3 is 2.81 bits per heavy atom. The highest BCUT2D eigenvalue weighted by atomic mass is 19.1. The summed E-state index contributed by atoms with van der Waals surface area (Å²) in [6, 6.07) is 5.31. The van der Waals surface area contributed by atoms with Crippen LogP contribution in [0.15, 0.2) is 24.4 Å². The van der Waals surface area contributed by atoms with Gasteiger partial charge >= 0.3 is 6.09 Å². The first-order valence-corrected chi connectivity index (χ1v) is 11.3. The second kappa shape index (κ2) is 8.92. The Morgan fingerprint density at radius 2 is 2.12 bits per heavy atom. The van der Waals surface area contributed by atoms with Gasteiger partial charge in [0.15, 0.2) is 0 Å². The van der Waals surface area contributed by atoms with Gasteiger partial charge in [-0.1, -0.05) is 13.0 Å². The number of cyclic esters (lactones) is 1. The van der Waals surface area contributed by atoms with Crippen LogP contribution in [0.4, 0.5) is 14.9 Å². The minimum absolute atomic E-state index is 0.0534. The molecular weight excluding hydrogens is 411 g/mol. The van der Waals surface area contributed by atoms with E-state index in [0.29, 0.717) is 23.2 Å². The lowest BCUT2D eigenvalue weighted by Gasteiger charge is -2.28. The number of nitrogens with one attached hydrogen (secondary N) is 1. The van der Waals surface area contributed by atoms with Crippen LogP contribution < -0.4 is 10.2 Å². The maximum atomic E-state index is 15.1. The Bertz CT molecular complexity index is 1020. The minimum atomic E-state index is -0.525. The third-order valence-electron chi connectivity index (χ3n) is 6.60. The van der Waals surface area contributed by atoms with Crippen LogP contribution in [0.1, 0.15) is 62.9 Å². The second-order valence-corrected chi connectivity index (χ2v) is 9.23. The molecule has 1 fully saturated rings. The molecule has 2 amide bonds. The van der Waals surface area contributed by atoms with E-state index in [2.05, 4.69) is 32.3 Å². The smallest absolute Gasteiger partial charge is 0.414 e. The van der Waals surface area contributed by atoms with E-state index in [1.54, 1.807) is 12.1 Å². The number of fused-ring (bicyclic) bond motifs is 1. The average Bonchev–Trinajstić information content (AvgIpc) is 3.34. The van der Waals surface area contributed by atoms with Crippen molar-refractivity contribution in [3.05, 3.63) is 47.0 Å². The maximum Gasteiger partial charge on any atom is 0.414 e. The topological polar surface area (TPSA) is 76.5 Å². The Hall–Kier alpha value is -2.90. The van der Waals surface area contributed by atoms with Crippen LogP contribution in [0.3, 0.4) is 0 Å². The fraction of sp³-hybridized carbons (Fsp3) is 0.542. The molecule has 2 aliphatic rings. The number of rotatable bonds is 6. The number of ether oxygens (including phenoxy) is 1. The molecule has 0 saturated carbocycles. The Balaban J connectivity index is 1.45. The third-order valence-corrected chi connectivity index (χ3v) is 6.60. The van der Waals surface area contributed by atoms with Gasteiger partial charge in [0, 0.05) is 19.2 Å². The predicted molar refractivity (Wildman–Crippen MR) is 119 cm³/mol. The Labute approximate surface area is 187 Å². The largest absolute Gasteiger partial charge is 0.442 e. The van der Waals surface area contributed by atoms with Gasteiger partial charge in [0.1, 0.15) is 11.9 Å². The molecule has 1 aromatic heterocycles. The molecule has 2 aromatic rings. The highest BCUT2D eigenvalue weighted by molar-refractivity contribution is 5.89. The maximum absolute atomic E-state index is 15.1. The molecule has 32 heavy (non-hydrogen) atoms. The monoisotopic (exact) mass is 442 g/mol. The quantitative estimate of drug-likeness (QED) is 0.734. The van der Waals surface area contributed by atoms with E-state index < -0.39 is 12.2 Å². The number of hydrogen-bond donors (Lipinski definition) is 1. The highest BCUT2D eigenvalue weighted by Crippen LogP contribution is 2.37. The standard InChI is InChI=1S/C24H31FN4O3/c1-14(2)29-12-18-9-17(5-8-23(18)27-29)15(3)21-7-6-19(10-22(21)25)28-13-20(32-24(28)31)11-26-16(4)30/h6-7,10,12,14-15,17,20H,5,8-9,11,13H2,1-4H3,(H,26,30)/t15?,17?,20-/m0/s1. The molecule has 4 rings (SSSR count). The van der Waals surface area contributed by atoms with Crippen molar-refractivity contribution in [1.82, 2.24) is 15.1 Å². The predicted octanol–water partition coefficient (Wildman–Crippen LogP) is 3.97. The van der Waals surface area contributed by atoms with Gasteiger partial charge in [-0.3, -0.25) is 14.4 Å². The summed E-state index contributed by atoms with van der Waals surface area (Å²) < 4.78 is 22.4. The van der Waals surface area contributed by atoms with Crippen LogP contribution in [0.25, 0.3) is 0 Å². The van der Waals surface area contributed by atoms with Crippen molar-refractivity contribution in [2.45, 2.75) is 65.0 Å². The van der Waals surface area contributed by atoms with Crippen LogP contribution >= 0.6 is 0 Å². The zero-order valence-corrected chi connectivity index (χ0v) is 19.1. The summed E-state index contributed by atoms with van der Waals surface area (Å²) in [7, 11) is 0. The molecule has 1 saturated heterocycles. The van der Waals surface area contributed by atoms with E-state index in [-0.39, 0.29) is 30.7 Å². The fourth-order valence-electron chi connectivity index (χ4n) is 4.65. The lowest BCUT2D eigenvalue weighted by Crippen LogP contribution is -2.33. The summed E-state index contributed by atoms with van der Waals surface area (Å²) in [5.74, 6) is -0.101. The van der Waals surface area contributed by atoms with Crippen molar-refractivity contribution in [2.24, 2.45) is 5.92 Å². The summed E-state index contributed by atoms with van der Waals surface area (Å²) in [5.41, 5.74) is 3.57. The van der Waals surface area contributed by atoms with E-state index in [0.717, 1.165) is 19.3 Å². The number of carbonyl (C=O) groups is 2. The van der Waals surface area contributed by atoms with Crippen molar-refractivity contribution in [1.29, 1.82) is 0 Å². The lowest BCUT2D eigenvalue weighted by molar-refractivity contribution is -0.119. The molecule has 7 nitrogen and oxygen atoms in total. The Morgan fingerprint density at radius 1 is 1.34 bits per heavy atom. The van der Waals surface area contributed by atoms with Gasteiger partial charge in [-0.15, -0.1) is 0 Å². The first-order chi connectivity index (χ1) is 15.2. The third kappa shape index (κ3) is 4.49. The molecule has 0 radical (unpaired) electrons. The molecule has 8 heteroatoms. The molecule has 1 aliphatic carbocycles. The molecule has 0 bridgehead atoms. The summed E-state index contributed by atoms with van der Waals surface area (Å²) >= 11 is 0. The number of nitrogens with zero attached hydrogens (tertiary/aromatic N) is 3. The molecular formula is C24H31FN4O3. The summed E-state index contributed by atoms with van der Waals surface area (Å²) in [6.45, 7) is 8.24. The van der Waals surface area contributed by atoms with Crippen molar-refractivity contribution in [2.75, 3.05) is 18.0 Å². The van der Waals surface area contributed by atoms with Crippen molar-refractivity contribution < 1.29 is 18.7 Å². The Kier molecular flexibility index (Phi) is 6.22. The molecule has 1 aromatic carbocycles. The van der Waals surface area contributed by atoms with Gasteiger partial charge in [0.05, 0.1) is 24.5 Å². The van der Waals surface area contributed by atoms with Crippen LogP contribution in [-0.2, 0) is 22.4 Å². The highest BCUT2D eigenvalue weighted by Gasteiger charge is 2.33. The molecule has 1 aliphatic heterocycles. The SMILES string of the molecule is CC(=O)NC[C@H]1CN(c2ccc(C(C)C3CCc4nn(C(C)C)cc4C3)c(F)c2)C(=O)O1. The number of anilines is 1. The number of aromatic nitrogens is 2. The van der Waals surface area contributed by atoms with Crippen molar-refractivity contribution >= 4 is 17.7 Å². The first kappa shape index (κ1) is 22.3. The van der Waals surface area contributed by atoms with Crippen LogP contribution in [0.2, 0.25) is 0 Å². The minimum Gasteiger partial charge on any atom is -0.442 e. The molecule has 1 N–H and O–H groups in total. The molecule has 3 atom stereocenters. The van der Waals surface area contributed by atoms with E-state index >= 15 is 4.39 Å².